The molecule has 0 bridgehead atoms. The number of hydrogen-bond acceptors (Lipinski definition) is 23. The number of carbonyl (C=O) groups excluding carboxylic acids is 16. The van der Waals surface area contributed by atoms with E-state index in [-0.39, 0.29) is 74.8 Å². The largest absolute Gasteiger partial charge is 0.481 e. The normalized spacial score (nSPS) is 25.8. The number of aliphatic hydroxyl groups excluding tert-OH is 1. The van der Waals surface area contributed by atoms with Crippen molar-refractivity contribution in [2.45, 2.75) is 241 Å². The van der Waals surface area contributed by atoms with Crippen molar-refractivity contribution >= 4 is 140 Å². The summed E-state index contributed by atoms with van der Waals surface area (Å²) in [6.07, 6.45) is 5.10. The van der Waals surface area contributed by atoms with E-state index in [0.29, 0.717) is 25.1 Å². The third kappa shape index (κ3) is 29.4. The highest BCUT2D eigenvalue weighted by Crippen LogP contribution is 2.37. The number of carboxylic acids is 2. The summed E-state index contributed by atoms with van der Waals surface area (Å²) in [6, 6.07) is -21.4. The molecule has 5 rings (SSSR count). The summed E-state index contributed by atoms with van der Waals surface area (Å²) < 4.78 is 0. The molecule has 0 spiro atoms. The van der Waals surface area contributed by atoms with E-state index in [2.05, 4.69) is 69.1 Å². The van der Waals surface area contributed by atoms with Crippen LogP contribution in [0.1, 0.15) is 156 Å². The Bertz CT molecular complexity index is 3260. The first-order valence-corrected chi connectivity index (χ1v) is 40.3. The zero-order valence-corrected chi connectivity index (χ0v) is 63.8. The van der Waals surface area contributed by atoms with E-state index < -0.39 is 235 Å². The van der Waals surface area contributed by atoms with E-state index in [0.717, 1.165) is 78.4 Å². The van der Waals surface area contributed by atoms with E-state index >= 15 is 14.4 Å². The lowest BCUT2D eigenvalue weighted by Crippen LogP contribution is -2.61. The Morgan fingerprint density at radius 2 is 1.17 bits per heavy atom. The maximum absolute atomic E-state index is 15.4. The second kappa shape index (κ2) is 44.8. The highest BCUT2D eigenvalue weighted by atomic mass is 33.1. The summed E-state index contributed by atoms with van der Waals surface area (Å²) in [5.41, 5.74) is 16.8. The lowest BCUT2D eigenvalue weighted by molar-refractivity contribution is -0.142. The Morgan fingerprint density at radius 1 is 0.593 bits per heavy atom. The Labute approximate surface area is 637 Å². The SMILES string of the molecule is CSCC[C@H](NC(C)=O)C(=O)N[C@@H](CO)C(=O)N[C@@H](CC(=O)O)C(=O)N[C@H]1CSSC[C@@H](C(=O)N2CCC[C@H]2C(=O)N[C@@H](CC2CCCCC2)C(=O)N[C@@H](CC(=O)O)C(N)=O)NC(=O)[C@H](CC(N)=O)NC(=O)[C@H](CC2CNC3CCCCC23)NC(=O)[C@H](CCC(N)=O)NC(=O)[C@H](CC(C)C)NC(=O)[C@@H](C)NC1=O. The minimum absolute atomic E-state index is 0.0223. The Morgan fingerprint density at radius 3 is 1.80 bits per heavy atom. The fourth-order valence-electron chi connectivity index (χ4n) is 13.8. The van der Waals surface area contributed by atoms with E-state index in [1.54, 1.807) is 20.1 Å². The van der Waals surface area contributed by atoms with Gasteiger partial charge in [-0.3, -0.25) is 86.3 Å². The lowest BCUT2D eigenvalue weighted by atomic mass is 9.77. The average molecular weight is 1580 g/mol. The molecule has 3 heterocycles. The molecule has 41 heteroatoms. The number of nitrogens with zero attached hydrogens (tertiary/aromatic N) is 1. The molecule has 108 heavy (non-hydrogen) atoms. The van der Waals surface area contributed by atoms with Crippen molar-refractivity contribution in [3.63, 3.8) is 0 Å². The predicted molar refractivity (Wildman–Crippen MR) is 393 cm³/mol. The van der Waals surface area contributed by atoms with Crippen LogP contribution in [0.25, 0.3) is 0 Å². The number of nitrogens with one attached hydrogen (secondary N) is 13. The summed E-state index contributed by atoms with van der Waals surface area (Å²) in [5.74, 6) is -21.2. The van der Waals surface area contributed by atoms with E-state index in [4.69, 9.17) is 17.2 Å². The van der Waals surface area contributed by atoms with Gasteiger partial charge < -0.3 is 107 Å². The van der Waals surface area contributed by atoms with Gasteiger partial charge in [0.05, 0.1) is 25.9 Å². The van der Waals surface area contributed by atoms with Crippen molar-refractivity contribution in [3.05, 3.63) is 0 Å². The van der Waals surface area contributed by atoms with Gasteiger partial charge in [0.25, 0.3) is 0 Å². The molecule has 22 N–H and O–H groups in total. The number of nitrogens with two attached hydrogens (primary N) is 3. The van der Waals surface area contributed by atoms with E-state index in [1.165, 1.54) is 18.7 Å². The Kier molecular flexibility index (Phi) is 37.3. The van der Waals surface area contributed by atoms with Crippen molar-refractivity contribution in [2.24, 2.45) is 40.9 Å². The number of aliphatic carboxylic acids is 2. The zero-order chi connectivity index (χ0) is 80.1. The first-order chi connectivity index (χ1) is 51.1. The quantitative estimate of drug-likeness (QED) is 0.0280. The predicted octanol–water partition coefficient (Wildman–Crippen LogP) is -5.26. The third-order valence-corrected chi connectivity index (χ3v) is 22.5. The Hall–Kier alpha value is -8.57. The topological polar surface area (TPSA) is 606 Å². The van der Waals surface area contributed by atoms with Crippen molar-refractivity contribution in [1.82, 2.24) is 74.0 Å². The molecule has 5 aliphatic rings. The van der Waals surface area contributed by atoms with Gasteiger partial charge in [0.15, 0.2) is 0 Å². The Balaban J connectivity index is 1.61. The maximum Gasteiger partial charge on any atom is 0.305 e. The fraction of sp³-hybridized carbons (Fsp3) is 0.731. The average Bonchev–Trinajstić information content (AvgIpc) is 1.67. The number of carboxylic acid groups (broad SMARTS) is 2. The molecule has 2 saturated carbocycles. The molecule has 0 aromatic carbocycles. The number of fused-ring (bicyclic) bond motifs is 1. The minimum Gasteiger partial charge on any atom is -0.481 e. The van der Waals surface area contributed by atoms with Gasteiger partial charge in [-0.2, -0.15) is 11.8 Å². The number of primary amides is 3. The molecule has 604 valence electrons. The molecule has 0 aromatic heterocycles. The number of likely N-dealkylation sites (tertiary alicyclic amines) is 1. The summed E-state index contributed by atoms with van der Waals surface area (Å²) in [6.45, 7) is 4.88. The second-order valence-electron chi connectivity index (χ2n) is 28.4. The summed E-state index contributed by atoms with van der Waals surface area (Å²) in [5, 5.41) is 63.0. The lowest BCUT2D eigenvalue weighted by Gasteiger charge is -2.32. The molecule has 0 radical (unpaired) electrons. The molecule has 5 fully saturated rings. The molecule has 2 aliphatic carbocycles. The fourth-order valence-corrected chi connectivity index (χ4v) is 16.6. The van der Waals surface area contributed by atoms with Gasteiger partial charge >= 0.3 is 11.9 Å². The molecule has 16 amide bonds. The number of thioether (sulfide) groups is 1. The minimum atomic E-state index is -2.09. The van der Waals surface area contributed by atoms with Crippen LogP contribution in [0.15, 0.2) is 0 Å². The first-order valence-electron chi connectivity index (χ1n) is 36.4. The second-order valence-corrected chi connectivity index (χ2v) is 32.0. The van der Waals surface area contributed by atoms with Crippen LogP contribution in [0.4, 0.5) is 0 Å². The summed E-state index contributed by atoms with van der Waals surface area (Å²) in [4.78, 5) is 249. The highest BCUT2D eigenvalue weighted by molar-refractivity contribution is 8.76. The number of carbonyl (C=O) groups is 18. The maximum atomic E-state index is 15.4. The number of rotatable bonds is 32. The monoisotopic (exact) mass is 1580 g/mol. The third-order valence-electron chi connectivity index (χ3n) is 19.4. The van der Waals surface area contributed by atoms with Crippen LogP contribution in [0.3, 0.4) is 0 Å². The number of aliphatic hydroxyl groups is 1. The van der Waals surface area contributed by atoms with Crippen LogP contribution >= 0.6 is 33.3 Å². The molecule has 3 saturated heterocycles. The van der Waals surface area contributed by atoms with Crippen LogP contribution in [0, 0.1) is 23.7 Å². The van der Waals surface area contributed by atoms with Crippen molar-refractivity contribution in [1.29, 1.82) is 0 Å². The van der Waals surface area contributed by atoms with Crippen LogP contribution in [0.2, 0.25) is 0 Å². The number of hydrogen-bond donors (Lipinski definition) is 19. The van der Waals surface area contributed by atoms with E-state index in [1.807, 2.05) is 0 Å². The molecule has 3 aliphatic heterocycles. The van der Waals surface area contributed by atoms with Crippen LogP contribution in [0.5, 0.6) is 0 Å². The number of amides is 16. The molecule has 3 unspecified atom stereocenters. The van der Waals surface area contributed by atoms with Gasteiger partial charge in [0.2, 0.25) is 94.5 Å². The van der Waals surface area contributed by atoms with Gasteiger partial charge in [-0.15, -0.1) is 0 Å². The summed E-state index contributed by atoms with van der Waals surface area (Å²) >= 11 is 1.33. The van der Waals surface area contributed by atoms with Crippen molar-refractivity contribution in [3.8, 4) is 0 Å². The van der Waals surface area contributed by atoms with Crippen molar-refractivity contribution < 1.29 is 102 Å². The smallest absolute Gasteiger partial charge is 0.305 e. The van der Waals surface area contributed by atoms with Crippen LogP contribution in [-0.4, -0.2) is 254 Å². The molecule has 0 aromatic rings. The van der Waals surface area contributed by atoms with Gasteiger partial charge in [-0.25, -0.2) is 0 Å². The van der Waals surface area contributed by atoms with Gasteiger partial charge in [-0.1, -0.05) is 80.4 Å². The zero-order valence-electron chi connectivity index (χ0n) is 61.4. The summed E-state index contributed by atoms with van der Waals surface area (Å²) in [7, 11) is 1.48. The van der Waals surface area contributed by atoms with E-state index in [9.17, 15) is 87.2 Å². The van der Waals surface area contributed by atoms with Gasteiger partial charge in [0, 0.05) is 37.4 Å². The molecule has 38 nitrogen and oxygen atoms in total. The van der Waals surface area contributed by atoms with Crippen LogP contribution < -0.4 is 86.3 Å². The standard InChI is InChI=1S/C67H107N17O21S3/c1-32(2)22-42-59(97)74-39(17-18-51(68)87)57(95)77-44(24-36-28-71-38-15-10-9-14-37(36)38)61(99)78-45(25-52(69)88)62(100)83-49(67(105)84-20-11-16-50(84)66(104)80-43(23-35-12-7-6-8-13-35)60(98)75-41(55(70)93)26-53(89)90)31-108-107-30-48(65(103)72-33(3)56(94)76-42)82-63(101)46(27-54(91)92)79-64(102)47(29-85)81-58(96)40(19-21-106-5)73-34(4)86/h32-33,35-50,71,85H,6-31H2,1-5H3,(H2,68,87)(H2,69,88)(H2,70,93)(H,72,103)(H,73,86)(H,74,97)(H,75,98)(H,76,94)(H,77,95)(H,78,99)(H,79,102)(H,80,104)(H,81,96)(H,82,101)(H,83,100)(H,89,90)(H,91,92)/t33-,36?,37?,38?,39+,40+,41+,42+,43+,44+,45+,46+,47+,48+,49+,50+/m1/s1. The highest BCUT2D eigenvalue weighted by Gasteiger charge is 2.45. The van der Waals surface area contributed by atoms with Crippen LogP contribution in [-0.2, 0) is 86.3 Å². The van der Waals surface area contributed by atoms with Crippen molar-refractivity contribution in [2.75, 3.05) is 43.2 Å². The van der Waals surface area contributed by atoms with Gasteiger partial charge in [-0.05, 0) is 107 Å². The molecular formula is C67H107N17O21S3. The molecular weight excluding hydrogens is 1480 g/mol. The molecule has 16 atom stereocenters. The van der Waals surface area contributed by atoms with Gasteiger partial charge in [0.1, 0.15) is 78.5 Å². The first kappa shape index (κ1) is 90.0.